The molecule has 35 heavy (non-hydrogen) atoms. The molecule has 9 nitrogen and oxygen atoms in total. The first kappa shape index (κ1) is 22.7. The van der Waals surface area contributed by atoms with Gasteiger partial charge in [-0.1, -0.05) is 6.07 Å². The molecule has 1 aromatic carbocycles. The number of nitrogens with zero attached hydrogens (tertiary/aromatic N) is 1. The molecule has 5 aliphatic rings. The third kappa shape index (κ3) is 2.88. The average Bonchev–Trinajstić information content (AvgIpc) is 3.55. The van der Waals surface area contributed by atoms with Crippen molar-refractivity contribution in [1.29, 1.82) is 0 Å². The first-order valence-corrected chi connectivity index (χ1v) is 12.5. The highest BCUT2D eigenvalue weighted by Crippen LogP contribution is 2.66. The lowest BCUT2D eigenvalue weighted by molar-refractivity contribution is -0.172. The van der Waals surface area contributed by atoms with E-state index in [4.69, 9.17) is 4.74 Å². The molecular weight excluding hydrogens is 450 g/mol. The summed E-state index contributed by atoms with van der Waals surface area (Å²) in [4.78, 5) is 28.1. The fourth-order valence-corrected chi connectivity index (χ4v) is 7.10. The lowest BCUT2D eigenvalue weighted by Gasteiger charge is -2.62. The molecule has 2 amide bonds. The molecule has 2 bridgehead atoms. The summed E-state index contributed by atoms with van der Waals surface area (Å²) in [5, 5.41) is 39.9. The largest absolute Gasteiger partial charge is 0.508 e. The number of likely N-dealkylation sites (N-methyl/N-ethyl adjacent to an activating group) is 1. The maximum atomic E-state index is 13.4. The van der Waals surface area contributed by atoms with Crippen LogP contribution >= 0.6 is 0 Å². The number of nitrogens with one attached hydrogen (secondary N) is 2. The van der Waals surface area contributed by atoms with Gasteiger partial charge in [0.2, 0.25) is 5.91 Å². The normalized spacial score (nSPS) is 33.1. The first-order valence-electron chi connectivity index (χ1n) is 12.5. The summed E-state index contributed by atoms with van der Waals surface area (Å²) in [6.07, 6.45) is 2.45. The summed E-state index contributed by atoms with van der Waals surface area (Å²) in [6.45, 7) is 4.81. The standard InChI is InChI=1S/C26H33N3O6/c1-24(2,23(33)27-3)28-22(32)15-11-26(34)17-10-14-6-7-16(30)20-18(14)25(26,21(35-20)19(15)31)8-9-29(17)12-13-4-5-13/h6-7,13,17,21,30-31,34H,4-5,8-12H2,1-3H3,(H,27,33)(H,28,32)/t17-,21+,25+,26-/m1/s1. The molecule has 0 aromatic heterocycles. The summed E-state index contributed by atoms with van der Waals surface area (Å²) in [5.74, 6) is -0.337. The molecule has 2 heterocycles. The minimum absolute atomic E-state index is 0.0270. The molecule has 6 rings (SSSR count). The molecule has 1 aromatic rings. The Morgan fingerprint density at radius 3 is 2.69 bits per heavy atom. The lowest BCUT2D eigenvalue weighted by atomic mass is 9.49. The van der Waals surface area contributed by atoms with Gasteiger partial charge in [0, 0.05) is 31.6 Å². The monoisotopic (exact) mass is 483 g/mol. The van der Waals surface area contributed by atoms with Crippen LogP contribution in [0.25, 0.3) is 0 Å². The fourth-order valence-electron chi connectivity index (χ4n) is 7.10. The molecule has 0 unspecified atom stereocenters. The Labute approximate surface area is 204 Å². The molecule has 3 aliphatic carbocycles. The molecule has 1 spiro atoms. The number of aromatic hydroxyl groups is 1. The smallest absolute Gasteiger partial charge is 0.251 e. The van der Waals surface area contributed by atoms with Crippen LogP contribution < -0.4 is 15.4 Å². The van der Waals surface area contributed by atoms with Crippen LogP contribution in [0.15, 0.2) is 23.5 Å². The Bertz CT molecular complexity index is 1170. The third-order valence-corrected chi connectivity index (χ3v) is 9.01. The van der Waals surface area contributed by atoms with Crippen molar-refractivity contribution >= 4 is 11.8 Å². The Hall–Kier alpha value is -2.78. The molecule has 2 aliphatic heterocycles. The van der Waals surface area contributed by atoms with Crippen LogP contribution in [0.5, 0.6) is 11.5 Å². The van der Waals surface area contributed by atoms with E-state index in [-0.39, 0.29) is 35.5 Å². The van der Waals surface area contributed by atoms with E-state index in [0.29, 0.717) is 24.5 Å². The van der Waals surface area contributed by atoms with E-state index in [1.54, 1.807) is 19.9 Å². The number of amides is 2. The van der Waals surface area contributed by atoms with Crippen molar-refractivity contribution in [3.05, 3.63) is 34.6 Å². The Kier molecular flexibility index (Phi) is 4.62. The van der Waals surface area contributed by atoms with E-state index in [0.717, 1.165) is 24.2 Å². The van der Waals surface area contributed by atoms with Gasteiger partial charge in [-0.3, -0.25) is 14.5 Å². The Balaban J connectivity index is 1.48. The Morgan fingerprint density at radius 2 is 2.00 bits per heavy atom. The van der Waals surface area contributed by atoms with Crippen LogP contribution in [0.3, 0.4) is 0 Å². The SMILES string of the molecule is CNC(=O)C(C)(C)NC(=O)C1=C(O)[C@@H]2Oc3c(O)ccc4c3[C@@]23CCN(CC2CC2)[C@H](C4)[C@]3(O)C1. The number of aliphatic hydroxyl groups is 2. The van der Waals surface area contributed by atoms with Gasteiger partial charge in [0.1, 0.15) is 11.3 Å². The van der Waals surface area contributed by atoms with Gasteiger partial charge in [0.05, 0.1) is 16.6 Å². The number of rotatable bonds is 5. The van der Waals surface area contributed by atoms with Gasteiger partial charge in [-0.15, -0.1) is 0 Å². The zero-order chi connectivity index (χ0) is 24.9. The molecule has 1 saturated heterocycles. The second-order valence-electron chi connectivity index (χ2n) is 11.4. The third-order valence-electron chi connectivity index (χ3n) is 9.01. The maximum Gasteiger partial charge on any atom is 0.251 e. The maximum absolute atomic E-state index is 13.4. The van der Waals surface area contributed by atoms with Crippen LogP contribution in [0.2, 0.25) is 0 Å². The van der Waals surface area contributed by atoms with Crippen molar-refractivity contribution in [2.75, 3.05) is 20.1 Å². The number of carbonyl (C=O) groups is 2. The first-order chi connectivity index (χ1) is 16.5. The van der Waals surface area contributed by atoms with Gasteiger partial charge in [0.15, 0.2) is 17.6 Å². The average molecular weight is 484 g/mol. The quantitative estimate of drug-likeness (QED) is 0.423. The van der Waals surface area contributed by atoms with E-state index in [2.05, 4.69) is 15.5 Å². The summed E-state index contributed by atoms with van der Waals surface area (Å²) in [6, 6.07) is 3.24. The number of benzene rings is 1. The van der Waals surface area contributed by atoms with Gasteiger partial charge in [-0.2, -0.15) is 0 Å². The topological polar surface area (TPSA) is 131 Å². The van der Waals surface area contributed by atoms with Crippen LogP contribution in [-0.2, 0) is 21.4 Å². The molecule has 0 radical (unpaired) electrons. The highest BCUT2D eigenvalue weighted by molar-refractivity contribution is 5.99. The van der Waals surface area contributed by atoms with Crippen molar-refractivity contribution in [3.8, 4) is 11.5 Å². The van der Waals surface area contributed by atoms with Crippen LogP contribution in [0, 0.1) is 5.92 Å². The lowest BCUT2D eigenvalue weighted by Crippen LogP contribution is -2.76. The van der Waals surface area contributed by atoms with Gasteiger partial charge >= 0.3 is 0 Å². The minimum atomic E-state index is -1.38. The number of piperidine rings is 1. The molecule has 188 valence electrons. The number of likely N-dealkylation sites (tertiary alicyclic amines) is 1. The number of hydrogen-bond acceptors (Lipinski definition) is 7. The number of ether oxygens (including phenoxy) is 1. The predicted octanol–water partition coefficient (Wildman–Crippen LogP) is 1.02. The second kappa shape index (κ2) is 7.13. The molecule has 9 heteroatoms. The summed E-state index contributed by atoms with van der Waals surface area (Å²) in [5.41, 5.74) is -1.75. The summed E-state index contributed by atoms with van der Waals surface area (Å²) >= 11 is 0. The van der Waals surface area contributed by atoms with Crippen LogP contribution in [0.4, 0.5) is 0 Å². The zero-order valence-electron chi connectivity index (χ0n) is 20.4. The molecule has 1 saturated carbocycles. The molecule has 5 N–H and O–H groups in total. The second-order valence-corrected chi connectivity index (χ2v) is 11.4. The zero-order valence-corrected chi connectivity index (χ0v) is 20.4. The van der Waals surface area contributed by atoms with Crippen molar-refractivity contribution in [3.63, 3.8) is 0 Å². The van der Waals surface area contributed by atoms with E-state index in [9.17, 15) is 24.9 Å². The number of aliphatic hydroxyl groups excluding tert-OH is 1. The molecule has 4 atom stereocenters. The van der Waals surface area contributed by atoms with Gasteiger partial charge in [-0.05, 0) is 63.6 Å². The van der Waals surface area contributed by atoms with E-state index in [1.165, 1.54) is 19.9 Å². The van der Waals surface area contributed by atoms with Gasteiger partial charge in [0.25, 0.3) is 5.91 Å². The molecular formula is C26H33N3O6. The van der Waals surface area contributed by atoms with Crippen molar-refractivity contribution in [1.82, 2.24) is 15.5 Å². The molecule has 2 fully saturated rings. The van der Waals surface area contributed by atoms with Crippen molar-refractivity contribution < 1.29 is 29.6 Å². The number of phenols is 1. The number of phenolic OH excluding ortho intramolecular Hbond substituents is 1. The number of hydrogen-bond donors (Lipinski definition) is 5. The minimum Gasteiger partial charge on any atom is -0.508 e. The number of carbonyl (C=O) groups excluding carboxylic acids is 2. The van der Waals surface area contributed by atoms with E-state index < -0.39 is 28.6 Å². The Morgan fingerprint density at radius 1 is 1.26 bits per heavy atom. The highest BCUT2D eigenvalue weighted by atomic mass is 16.5. The van der Waals surface area contributed by atoms with Gasteiger partial charge < -0.3 is 30.7 Å². The van der Waals surface area contributed by atoms with Crippen molar-refractivity contribution in [2.24, 2.45) is 5.92 Å². The van der Waals surface area contributed by atoms with Crippen LogP contribution in [0.1, 0.15) is 50.7 Å². The van der Waals surface area contributed by atoms with Gasteiger partial charge in [-0.25, -0.2) is 0 Å². The highest BCUT2D eigenvalue weighted by Gasteiger charge is 2.73. The summed E-state index contributed by atoms with van der Waals surface area (Å²) in [7, 11) is 1.49. The van der Waals surface area contributed by atoms with Crippen LogP contribution in [-0.4, -0.2) is 75.5 Å². The van der Waals surface area contributed by atoms with E-state index in [1.807, 2.05) is 6.07 Å². The van der Waals surface area contributed by atoms with Crippen molar-refractivity contribution in [2.45, 2.75) is 74.7 Å². The predicted molar refractivity (Wildman–Crippen MR) is 126 cm³/mol. The summed E-state index contributed by atoms with van der Waals surface area (Å²) < 4.78 is 6.20. The van der Waals surface area contributed by atoms with E-state index >= 15 is 0 Å². The fraction of sp³-hybridized carbons (Fsp3) is 0.615.